The van der Waals surface area contributed by atoms with Gasteiger partial charge in [-0.2, -0.15) is 5.10 Å². The van der Waals surface area contributed by atoms with Crippen molar-refractivity contribution in [3.8, 4) is 11.4 Å². The minimum absolute atomic E-state index is 0.151. The zero-order valence-corrected chi connectivity index (χ0v) is 19.4. The van der Waals surface area contributed by atoms with Gasteiger partial charge in [-0.15, -0.1) is 0 Å². The Morgan fingerprint density at radius 3 is 2.38 bits per heavy atom. The van der Waals surface area contributed by atoms with Crippen LogP contribution in [0.15, 0.2) is 48.5 Å². The Morgan fingerprint density at radius 1 is 0.969 bits per heavy atom. The van der Waals surface area contributed by atoms with Gasteiger partial charge in [0.25, 0.3) is 0 Å². The maximum atomic E-state index is 5.02. The molecule has 0 amide bonds. The monoisotopic (exact) mass is 428 g/mol. The molecule has 1 aliphatic rings. The molecule has 1 aliphatic heterocycles. The highest BCUT2D eigenvalue weighted by Crippen LogP contribution is 2.30. The normalized spacial score (nSPS) is 15.6. The van der Waals surface area contributed by atoms with Crippen molar-refractivity contribution in [1.29, 1.82) is 0 Å². The van der Waals surface area contributed by atoms with Crippen LogP contribution in [0.5, 0.6) is 0 Å². The number of aromatic amines is 2. The Kier molecular flexibility index (Phi) is 5.25. The molecule has 2 N–H and O–H groups in total. The van der Waals surface area contributed by atoms with Gasteiger partial charge in [0.2, 0.25) is 0 Å². The minimum atomic E-state index is 0.151. The van der Waals surface area contributed by atoms with Crippen LogP contribution in [0.2, 0.25) is 0 Å². The van der Waals surface area contributed by atoms with E-state index in [1.54, 1.807) is 0 Å². The molecule has 0 spiro atoms. The molecular weight excluding hydrogens is 396 g/mol. The van der Waals surface area contributed by atoms with Crippen LogP contribution in [0.1, 0.15) is 37.7 Å². The molecule has 2 aromatic heterocycles. The van der Waals surface area contributed by atoms with Gasteiger partial charge in [-0.3, -0.25) is 10.00 Å². The first-order valence-electron chi connectivity index (χ1n) is 11.4. The Bertz CT molecular complexity index is 1200. The van der Waals surface area contributed by atoms with E-state index in [1.807, 2.05) is 6.92 Å². The predicted octanol–water partition coefficient (Wildman–Crippen LogP) is 4.88. The van der Waals surface area contributed by atoms with Crippen LogP contribution in [0.25, 0.3) is 22.4 Å². The van der Waals surface area contributed by atoms with Crippen LogP contribution >= 0.6 is 0 Å². The number of benzene rings is 2. The van der Waals surface area contributed by atoms with Gasteiger partial charge in [-0.25, -0.2) is 4.98 Å². The molecule has 166 valence electrons. The second-order valence-corrected chi connectivity index (χ2v) is 9.88. The Morgan fingerprint density at radius 2 is 1.72 bits per heavy atom. The molecule has 0 saturated carbocycles. The third-order valence-corrected chi connectivity index (χ3v) is 6.38. The van der Waals surface area contributed by atoms with Gasteiger partial charge in [0.15, 0.2) is 0 Å². The number of para-hydroxylation sites is 1. The van der Waals surface area contributed by atoms with Gasteiger partial charge in [0, 0.05) is 44.0 Å². The average Bonchev–Trinajstić information content (AvgIpc) is 3.39. The van der Waals surface area contributed by atoms with Crippen LogP contribution in [0.3, 0.4) is 0 Å². The summed E-state index contributed by atoms with van der Waals surface area (Å²) in [6.45, 7) is 13.7. The lowest BCUT2D eigenvalue weighted by molar-refractivity contribution is 0.247. The lowest BCUT2D eigenvalue weighted by Crippen LogP contribution is -2.46. The number of fused-ring (bicyclic) bond motifs is 1. The molecule has 0 bridgehead atoms. The second kappa shape index (κ2) is 8.10. The number of aryl methyl sites for hydroxylation is 1. The first kappa shape index (κ1) is 20.8. The zero-order chi connectivity index (χ0) is 22.3. The summed E-state index contributed by atoms with van der Waals surface area (Å²) in [6, 6.07) is 17.4. The van der Waals surface area contributed by atoms with E-state index in [9.17, 15) is 0 Å². The minimum Gasteiger partial charge on any atom is -0.367 e. The third kappa shape index (κ3) is 4.15. The topological polar surface area (TPSA) is 63.8 Å². The average molecular weight is 429 g/mol. The Labute approximate surface area is 189 Å². The summed E-state index contributed by atoms with van der Waals surface area (Å²) in [7, 11) is 0. The van der Waals surface area contributed by atoms with Gasteiger partial charge in [-0.05, 0) is 36.1 Å². The molecule has 32 heavy (non-hydrogen) atoms. The number of aromatic nitrogens is 4. The molecule has 1 fully saturated rings. The van der Waals surface area contributed by atoms with Crippen LogP contribution in [-0.2, 0) is 12.0 Å². The largest absolute Gasteiger partial charge is 0.367 e. The van der Waals surface area contributed by atoms with Crippen molar-refractivity contribution in [3.63, 3.8) is 0 Å². The maximum absolute atomic E-state index is 5.02. The number of nitrogens with one attached hydrogen (secondary N) is 2. The summed E-state index contributed by atoms with van der Waals surface area (Å²) in [5, 5.41) is 7.38. The molecular formula is C26H32N6. The first-order valence-corrected chi connectivity index (χ1v) is 11.4. The number of piperazine rings is 1. The highest BCUT2D eigenvalue weighted by atomic mass is 15.3. The van der Waals surface area contributed by atoms with Crippen molar-refractivity contribution in [2.24, 2.45) is 0 Å². The number of nitrogens with zero attached hydrogens (tertiary/aromatic N) is 4. The van der Waals surface area contributed by atoms with E-state index in [4.69, 9.17) is 4.98 Å². The van der Waals surface area contributed by atoms with Crippen molar-refractivity contribution >= 4 is 16.7 Å². The van der Waals surface area contributed by atoms with Crippen molar-refractivity contribution in [2.75, 3.05) is 31.1 Å². The SMILES string of the molecule is Cc1cc(CN2CCN(c3cccc4[nH]c(-c5ccc(C(C)(C)C)cc5)nc34)CC2)[nH]n1. The Balaban J connectivity index is 1.34. The van der Waals surface area contributed by atoms with Crippen LogP contribution < -0.4 is 4.90 Å². The Hall–Kier alpha value is -3.12. The molecule has 3 heterocycles. The molecule has 0 radical (unpaired) electrons. The summed E-state index contributed by atoms with van der Waals surface area (Å²) in [4.78, 5) is 13.5. The van der Waals surface area contributed by atoms with Crippen molar-refractivity contribution in [3.05, 3.63) is 65.5 Å². The summed E-state index contributed by atoms with van der Waals surface area (Å²) < 4.78 is 0. The molecule has 0 unspecified atom stereocenters. The number of hydrogen-bond acceptors (Lipinski definition) is 4. The van der Waals surface area contributed by atoms with Crippen LogP contribution in [0, 0.1) is 6.92 Å². The van der Waals surface area contributed by atoms with Gasteiger partial charge in [0.1, 0.15) is 11.3 Å². The standard InChI is InChI=1S/C26H32N6/c1-18-16-21(30-29-18)17-31-12-14-32(15-13-31)23-7-5-6-22-24(23)28-25(27-22)19-8-10-20(11-9-19)26(2,3)4/h5-11,16H,12-15,17H2,1-4H3,(H,27,28)(H,29,30). The lowest BCUT2D eigenvalue weighted by atomic mass is 9.87. The van der Waals surface area contributed by atoms with Crippen molar-refractivity contribution in [2.45, 2.75) is 39.7 Å². The smallest absolute Gasteiger partial charge is 0.138 e. The molecule has 4 aromatic rings. The van der Waals surface area contributed by atoms with Crippen LogP contribution in [0.4, 0.5) is 5.69 Å². The third-order valence-electron chi connectivity index (χ3n) is 6.38. The maximum Gasteiger partial charge on any atom is 0.138 e. The molecule has 6 heteroatoms. The van der Waals surface area contributed by atoms with Crippen LogP contribution in [-0.4, -0.2) is 51.2 Å². The zero-order valence-electron chi connectivity index (χ0n) is 19.4. The quantitative estimate of drug-likeness (QED) is 0.486. The van der Waals surface area contributed by atoms with Crippen molar-refractivity contribution in [1.82, 2.24) is 25.1 Å². The van der Waals surface area contributed by atoms with E-state index in [0.29, 0.717) is 0 Å². The number of hydrogen-bond donors (Lipinski definition) is 2. The number of rotatable bonds is 4. The highest BCUT2D eigenvalue weighted by molar-refractivity contribution is 5.91. The number of anilines is 1. The van der Waals surface area contributed by atoms with E-state index in [1.165, 1.54) is 16.9 Å². The highest BCUT2D eigenvalue weighted by Gasteiger charge is 2.21. The summed E-state index contributed by atoms with van der Waals surface area (Å²) in [6.07, 6.45) is 0. The molecule has 0 aliphatic carbocycles. The number of H-pyrrole nitrogens is 2. The van der Waals surface area contributed by atoms with Crippen molar-refractivity contribution < 1.29 is 0 Å². The van der Waals surface area contributed by atoms with E-state index >= 15 is 0 Å². The van der Waals surface area contributed by atoms with E-state index in [2.05, 4.69) is 94.3 Å². The molecule has 0 atom stereocenters. The van der Waals surface area contributed by atoms with E-state index in [0.717, 1.165) is 60.8 Å². The van der Waals surface area contributed by atoms with Gasteiger partial charge >= 0.3 is 0 Å². The predicted molar refractivity (Wildman–Crippen MR) is 131 cm³/mol. The fraction of sp³-hybridized carbons (Fsp3) is 0.385. The van der Waals surface area contributed by atoms with E-state index < -0.39 is 0 Å². The lowest BCUT2D eigenvalue weighted by Gasteiger charge is -2.35. The van der Waals surface area contributed by atoms with E-state index in [-0.39, 0.29) is 5.41 Å². The number of imidazole rings is 1. The first-order chi connectivity index (χ1) is 15.4. The molecule has 5 rings (SSSR count). The fourth-order valence-corrected chi connectivity index (χ4v) is 4.48. The van der Waals surface area contributed by atoms with Gasteiger partial charge < -0.3 is 9.88 Å². The summed E-state index contributed by atoms with van der Waals surface area (Å²) in [5.74, 6) is 0.932. The molecule has 6 nitrogen and oxygen atoms in total. The summed E-state index contributed by atoms with van der Waals surface area (Å²) >= 11 is 0. The molecule has 1 saturated heterocycles. The fourth-order valence-electron chi connectivity index (χ4n) is 4.48. The van der Waals surface area contributed by atoms with Gasteiger partial charge in [0.05, 0.1) is 16.9 Å². The summed E-state index contributed by atoms with van der Waals surface area (Å²) in [5.41, 5.74) is 8.21. The van der Waals surface area contributed by atoms with Gasteiger partial charge in [-0.1, -0.05) is 51.1 Å². The molecule has 2 aromatic carbocycles. The second-order valence-electron chi connectivity index (χ2n) is 9.88.